The largest absolute Gasteiger partial charge is 0.497 e. The van der Waals surface area contributed by atoms with Crippen LogP contribution in [0.4, 0.5) is 0 Å². The maximum Gasteiger partial charge on any atom is 0.330 e. The molecule has 0 aliphatic carbocycles. The zero-order valence-electron chi connectivity index (χ0n) is 16.3. The van der Waals surface area contributed by atoms with Gasteiger partial charge in [0.15, 0.2) is 5.65 Å². The van der Waals surface area contributed by atoms with Gasteiger partial charge in [-0.15, -0.1) is 0 Å². The first-order valence-electron chi connectivity index (χ1n) is 9.55. The monoisotopic (exact) mass is 391 g/mol. The number of likely N-dealkylation sites (tertiary alicyclic amines) is 1. The molecule has 1 saturated heterocycles. The first kappa shape index (κ1) is 17.5. The smallest absolute Gasteiger partial charge is 0.330 e. The average Bonchev–Trinajstić information content (AvgIpc) is 3.44. The zero-order valence-corrected chi connectivity index (χ0v) is 16.3. The Balaban J connectivity index is 1.43. The molecule has 0 bridgehead atoms. The van der Waals surface area contributed by atoms with Crippen LogP contribution in [0.5, 0.6) is 5.75 Å². The number of aryl methyl sites for hydroxylation is 1. The van der Waals surface area contributed by atoms with Crippen molar-refractivity contribution >= 4 is 28.0 Å². The molecule has 29 heavy (non-hydrogen) atoms. The molecule has 0 saturated carbocycles. The number of methoxy groups -OCH3 is 1. The van der Waals surface area contributed by atoms with E-state index in [-0.39, 0.29) is 17.6 Å². The Bertz CT molecular complexity index is 1300. The van der Waals surface area contributed by atoms with Gasteiger partial charge in [-0.2, -0.15) is 0 Å². The van der Waals surface area contributed by atoms with Crippen LogP contribution in [-0.4, -0.2) is 50.1 Å². The number of benzene rings is 1. The summed E-state index contributed by atoms with van der Waals surface area (Å²) in [6.45, 7) is 1.07. The third kappa shape index (κ3) is 2.71. The summed E-state index contributed by atoms with van der Waals surface area (Å²) in [4.78, 5) is 35.2. The molecule has 0 radical (unpaired) electrons. The molecule has 1 atom stereocenters. The number of hydrogen-bond donors (Lipinski definition) is 1. The predicted molar refractivity (Wildman–Crippen MR) is 109 cm³/mol. The lowest BCUT2D eigenvalue weighted by molar-refractivity contribution is 0.0783. The van der Waals surface area contributed by atoms with Crippen LogP contribution in [0.1, 0.15) is 23.0 Å². The minimum atomic E-state index is -0.101. The van der Waals surface area contributed by atoms with Gasteiger partial charge in [0.1, 0.15) is 11.4 Å². The second kappa shape index (κ2) is 6.51. The van der Waals surface area contributed by atoms with Gasteiger partial charge in [0.25, 0.3) is 5.91 Å². The fourth-order valence-electron chi connectivity index (χ4n) is 4.18. The van der Waals surface area contributed by atoms with E-state index in [1.807, 2.05) is 36.4 Å². The highest BCUT2D eigenvalue weighted by Crippen LogP contribution is 2.27. The summed E-state index contributed by atoms with van der Waals surface area (Å²) in [5.74, 6) is 0.673. The Kier molecular flexibility index (Phi) is 3.94. The van der Waals surface area contributed by atoms with Crippen LogP contribution < -0.4 is 10.4 Å². The maximum absolute atomic E-state index is 13.1. The van der Waals surface area contributed by atoms with Gasteiger partial charge < -0.3 is 14.6 Å². The van der Waals surface area contributed by atoms with Crippen molar-refractivity contribution in [3.8, 4) is 5.75 Å². The number of pyridine rings is 1. The van der Waals surface area contributed by atoms with E-state index in [2.05, 4.69) is 9.97 Å². The van der Waals surface area contributed by atoms with Gasteiger partial charge in [-0.05, 0) is 36.8 Å². The number of aromatic nitrogens is 4. The fourth-order valence-corrected chi connectivity index (χ4v) is 4.18. The molecule has 148 valence electrons. The molecule has 1 aliphatic heterocycles. The van der Waals surface area contributed by atoms with Gasteiger partial charge in [0, 0.05) is 43.3 Å². The van der Waals surface area contributed by atoms with E-state index in [9.17, 15) is 9.59 Å². The Morgan fingerprint density at radius 3 is 2.97 bits per heavy atom. The van der Waals surface area contributed by atoms with Crippen LogP contribution in [0.25, 0.3) is 22.1 Å². The molecular formula is C21H21N5O3. The first-order valence-corrected chi connectivity index (χ1v) is 9.55. The maximum atomic E-state index is 13.1. The van der Waals surface area contributed by atoms with Crippen molar-refractivity contribution in [1.82, 2.24) is 24.0 Å². The van der Waals surface area contributed by atoms with E-state index >= 15 is 0 Å². The summed E-state index contributed by atoms with van der Waals surface area (Å²) < 4.78 is 8.58. The van der Waals surface area contributed by atoms with E-state index in [0.717, 1.165) is 28.6 Å². The van der Waals surface area contributed by atoms with Crippen LogP contribution in [0, 0.1) is 0 Å². The van der Waals surface area contributed by atoms with Gasteiger partial charge in [-0.1, -0.05) is 0 Å². The molecule has 1 amide bonds. The van der Waals surface area contributed by atoms with Crippen molar-refractivity contribution in [2.75, 3.05) is 20.2 Å². The average molecular weight is 391 g/mol. The second-order valence-corrected chi connectivity index (χ2v) is 7.39. The summed E-state index contributed by atoms with van der Waals surface area (Å²) in [6.07, 6.45) is 2.41. The molecular weight excluding hydrogens is 370 g/mol. The van der Waals surface area contributed by atoms with Crippen molar-refractivity contribution in [2.24, 2.45) is 7.05 Å². The molecule has 0 spiro atoms. The molecule has 8 heteroatoms. The summed E-state index contributed by atoms with van der Waals surface area (Å²) in [6, 6.07) is 11.1. The minimum absolute atomic E-state index is 0.0658. The number of aromatic amines is 1. The zero-order chi connectivity index (χ0) is 20.1. The molecule has 5 rings (SSSR count). The van der Waals surface area contributed by atoms with Crippen LogP contribution >= 0.6 is 0 Å². The van der Waals surface area contributed by atoms with Crippen LogP contribution in [0.3, 0.4) is 0 Å². The number of imidazole rings is 1. The van der Waals surface area contributed by atoms with Gasteiger partial charge in [0.2, 0.25) is 0 Å². The molecule has 1 N–H and O–H groups in total. The van der Waals surface area contributed by atoms with Crippen LogP contribution in [0.2, 0.25) is 0 Å². The Morgan fingerprint density at radius 1 is 1.28 bits per heavy atom. The van der Waals surface area contributed by atoms with Gasteiger partial charge in [0.05, 0.1) is 18.7 Å². The summed E-state index contributed by atoms with van der Waals surface area (Å²) >= 11 is 0. The normalized spacial score (nSPS) is 16.8. The van der Waals surface area contributed by atoms with E-state index in [1.54, 1.807) is 34.4 Å². The summed E-state index contributed by atoms with van der Waals surface area (Å²) in [7, 11) is 3.37. The molecule has 0 unspecified atom stereocenters. The van der Waals surface area contributed by atoms with Crippen molar-refractivity contribution < 1.29 is 9.53 Å². The topological polar surface area (TPSA) is 85.2 Å². The van der Waals surface area contributed by atoms with E-state index in [1.165, 1.54) is 0 Å². The van der Waals surface area contributed by atoms with Crippen molar-refractivity contribution in [3.05, 3.63) is 58.8 Å². The molecule has 4 aromatic rings. The molecule has 8 nitrogen and oxygen atoms in total. The van der Waals surface area contributed by atoms with Crippen molar-refractivity contribution in [1.29, 1.82) is 0 Å². The quantitative estimate of drug-likeness (QED) is 0.581. The SMILES string of the molecule is COc1ccc2cc(C(=O)N3CC[C@@H](n4c(=O)n(C)c5cccnc54)C3)[nH]c2c1. The highest BCUT2D eigenvalue weighted by atomic mass is 16.5. The lowest BCUT2D eigenvalue weighted by Crippen LogP contribution is -2.32. The van der Waals surface area contributed by atoms with Crippen molar-refractivity contribution in [3.63, 3.8) is 0 Å². The van der Waals surface area contributed by atoms with Gasteiger partial charge in [-0.25, -0.2) is 9.78 Å². The van der Waals surface area contributed by atoms with E-state index < -0.39 is 0 Å². The number of rotatable bonds is 3. The van der Waals surface area contributed by atoms with Crippen LogP contribution in [-0.2, 0) is 7.05 Å². The number of hydrogen-bond acceptors (Lipinski definition) is 4. The lowest BCUT2D eigenvalue weighted by atomic mass is 10.2. The number of amides is 1. The number of carbonyl (C=O) groups is 1. The fraction of sp³-hybridized carbons (Fsp3) is 0.286. The number of nitrogens with zero attached hydrogens (tertiary/aromatic N) is 4. The summed E-state index contributed by atoms with van der Waals surface area (Å²) in [5.41, 5.74) is 2.76. The molecule has 1 aromatic carbocycles. The predicted octanol–water partition coefficient (Wildman–Crippen LogP) is 2.31. The number of H-pyrrole nitrogens is 1. The lowest BCUT2D eigenvalue weighted by Gasteiger charge is -2.16. The van der Waals surface area contributed by atoms with E-state index in [4.69, 9.17) is 4.74 Å². The number of fused-ring (bicyclic) bond motifs is 2. The second-order valence-electron chi connectivity index (χ2n) is 7.39. The molecule has 4 heterocycles. The number of ether oxygens (including phenoxy) is 1. The van der Waals surface area contributed by atoms with E-state index in [0.29, 0.717) is 24.4 Å². The third-order valence-electron chi connectivity index (χ3n) is 5.72. The van der Waals surface area contributed by atoms with Gasteiger partial charge in [-0.3, -0.25) is 13.9 Å². The standard InChI is InChI=1S/C21H21N5O3/c1-24-18-4-3-8-22-19(18)26(21(24)28)14-7-9-25(12-14)20(27)17-10-13-5-6-15(29-2)11-16(13)23-17/h3-6,8,10-11,14,23H,7,9,12H2,1-2H3/t14-/m1/s1. The molecule has 3 aromatic heterocycles. The first-order chi connectivity index (χ1) is 14.1. The Hall–Kier alpha value is -3.55. The summed E-state index contributed by atoms with van der Waals surface area (Å²) in [5, 5.41) is 0.958. The Labute approximate surface area is 166 Å². The highest BCUT2D eigenvalue weighted by molar-refractivity contribution is 5.98. The number of nitrogens with one attached hydrogen (secondary N) is 1. The van der Waals surface area contributed by atoms with Crippen molar-refractivity contribution in [2.45, 2.75) is 12.5 Å². The Morgan fingerprint density at radius 2 is 2.14 bits per heavy atom. The highest BCUT2D eigenvalue weighted by Gasteiger charge is 2.31. The minimum Gasteiger partial charge on any atom is -0.497 e. The van der Waals surface area contributed by atoms with Gasteiger partial charge >= 0.3 is 5.69 Å². The third-order valence-corrected chi connectivity index (χ3v) is 5.72. The molecule has 1 fully saturated rings. The number of carbonyl (C=O) groups excluding carboxylic acids is 1. The molecule has 1 aliphatic rings. The van der Waals surface area contributed by atoms with Crippen LogP contribution in [0.15, 0.2) is 47.4 Å².